The zero-order chi connectivity index (χ0) is 20.2. The topological polar surface area (TPSA) is 81.9 Å². The predicted octanol–water partition coefficient (Wildman–Crippen LogP) is 4.21. The lowest BCUT2D eigenvalue weighted by molar-refractivity contribution is -0.113. The van der Waals surface area contributed by atoms with Crippen LogP contribution in [0, 0.1) is 0 Å². The Morgan fingerprint density at radius 3 is 2.83 bits per heavy atom. The van der Waals surface area contributed by atoms with Gasteiger partial charge in [-0.25, -0.2) is 14.6 Å². The molecule has 1 amide bonds. The Hall–Kier alpha value is -3.10. The number of para-hydroxylation sites is 1. The van der Waals surface area contributed by atoms with E-state index in [9.17, 15) is 4.79 Å². The number of hydrogen-bond donors (Lipinski definition) is 1. The van der Waals surface area contributed by atoms with Gasteiger partial charge in [0.1, 0.15) is 17.1 Å². The lowest BCUT2D eigenvalue weighted by Gasteiger charge is -2.10. The van der Waals surface area contributed by atoms with Gasteiger partial charge in [0.2, 0.25) is 5.91 Å². The summed E-state index contributed by atoms with van der Waals surface area (Å²) in [6, 6.07) is 14.8. The van der Waals surface area contributed by atoms with Crippen LogP contribution in [0.25, 0.3) is 16.7 Å². The van der Waals surface area contributed by atoms with Gasteiger partial charge in [-0.1, -0.05) is 41.6 Å². The highest BCUT2D eigenvalue weighted by atomic mass is 35.5. The summed E-state index contributed by atoms with van der Waals surface area (Å²) < 4.78 is 7.00. The molecule has 2 aromatic heterocycles. The molecule has 1 N–H and O–H groups in total. The molecule has 0 aliphatic heterocycles. The van der Waals surface area contributed by atoms with Crippen LogP contribution in [0.3, 0.4) is 0 Å². The van der Waals surface area contributed by atoms with Crippen LogP contribution in [0.1, 0.15) is 0 Å². The summed E-state index contributed by atoms with van der Waals surface area (Å²) >= 11 is 7.32. The third-order valence-electron chi connectivity index (χ3n) is 4.11. The Labute approximate surface area is 176 Å². The number of methoxy groups -OCH3 is 1. The first kappa shape index (κ1) is 19.2. The minimum atomic E-state index is -0.196. The first-order valence-corrected chi connectivity index (χ1v) is 10.0. The Bertz CT molecular complexity index is 1170. The maximum absolute atomic E-state index is 12.4. The molecule has 9 heteroatoms. The van der Waals surface area contributed by atoms with Crippen LogP contribution in [-0.2, 0) is 4.79 Å². The van der Waals surface area contributed by atoms with Crippen molar-refractivity contribution in [2.75, 3.05) is 18.2 Å². The Morgan fingerprint density at radius 2 is 2.03 bits per heavy atom. The predicted molar refractivity (Wildman–Crippen MR) is 114 cm³/mol. The van der Waals surface area contributed by atoms with Crippen LogP contribution in [0.4, 0.5) is 5.69 Å². The largest absolute Gasteiger partial charge is 0.495 e. The van der Waals surface area contributed by atoms with Crippen molar-refractivity contribution in [2.24, 2.45) is 0 Å². The summed E-state index contributed by atoms with van der Waals surface area (Å²) in [4.78, 5) is 21.1. The summed E-state index contributed by atoms with van der Waals surface area (Å²) in [6.45, 7) is 0. The molecule has 4 rings (SSSR count). The monoisotopic (exact) mass is 425 g/mol. The summed E-state index contributed by atoms with van der Waals surface area (Å²) in [7, 11) is 1.54. The molecule has 0 saturated heterocycles. The Balaban J connectivity index is 1.51. The van der Waals surface area contributed by atoms with E-state index in [4.69, 9.17) is 16.3 Å². The number of ether oxygens (including phenoxy) is 1. The third kappa shape index (κ3) is 4.18. The lowest BCUT2D eigenvalue weighted by atomic mass is 10.3. The van der Waals surface area contributed by atoms with Crippen molar-refractivity contribution < 1.29 is 9.53 Å². The molecule has 7 nitrogen and oxygen atoms in total. The summed E-state index contributed by atoms with van der Waals surface area (Å²) in [5.74, 6) is 0.511. The molecule has 4 aromatic rings. The van der Waals surface area contributed by atoms with Crippen molar-refractivity contribution in [3.05, 3.63) is 66.1 Å². The normalized spacial score (nSPS) is 10.8. The van der Waals surface area contributed by atoms with Gasteiger partial charge >= 0.3 is 0 Å². The number of thioether (sulfide) groups is 1. The highest BCUT2D eigenvalue weighted by molar-refractivity contribution is 8.00. The number of halogens is 1. The number of rotatable bonds is 6. The van der Waals surface area contributed by atoms with E-state index in [1.807, 2.05) is 30.3 Å². The summed E-state index contributed by atoms with van der Waals surface area (Å²) in [6.07, 6.45) is 3.19. The molecule has 0 unspecified atom stereocenters. The average Bonchev–Trinajstić information content (AvgIpc) is 3.18. The van der Waals surface area contributed by atoms with Crippen LogP contribution in [0.2, 0.25) is 5.02 Å². The maximum atomic E-state index is 12.4. The molecule has 0 aliphatic carbocycles. The standard InChI is InChI=1S/C20H16ClN5O2S/c1-28-17-8-7-13(21)9-16(17)25-18(27)11-29-20-15-10-24-26(19(15)22-12-23-20)14-5-3-2-4-6-14/h2-10,12H,11H2,1H3,(H,25,27). The molecule has 0 bridgehead atoms. The number of hydrogen-bond acceptors (Lipinski definition) is 6. The second-order valence-corrected chi connectivity index (χ2v) is 7.39. The molecular weight excluding hydrogens is 410 g/mol. The van der Waals surface area contributed by atoms with E-state index < -0.39 is 0 Å². The van der Waals surface area contributed by atoms with Gasteiger partial charge in [0, 0.05) is 5.02 Å². The average molecular weight is 426 g/mol. The van der Waals surface area contributed by atoms with Crippen molar-refractivity contribution in [1.29, 1.82) is 0 Å². The van der Waals surface area contributed by atoms with Crippen LogP contribution >= 0.6 is 23.4 Å². The van der Waals surface area contributed by atoms with Crippen molar-refractivity contribution in [1.82, 2.24) is 19.7 Å². The number of nitrogens with one attached hydrogen (secondary N) is 1. The molecule has 0 fully saturated rings. The Morgan fingerprint density at radius 1 is 1.21 bits per heavy atom. The van der Waals surface area contributed by atoms with Gasteiger partial charge in [-0.2, -0.15) is 5.10 Å². The fourth-order valence-electron chi connectivity index (χ4n) is 2.79. The van der Waals surface area contributed by atoms with Crippen molar-refractivity contribution in [2.45, 2.75) is 5.03 Å². The quantitative estimate of drug-likeness (QED) is 0.368. The number of fused-ring (bicyclic) bond motifs is 1. The molecular formula is C20H16ClN5O2S. The molecule has 2 heterocycles. The zero-order valence-electron chi connectivity index (χ0n) is 15.4. The van der Waals surface area contributed by atoms with E-state index >= 15 is 0 Å². The second-order valence-electron chi connectivity index (χ2n) is 5.99. The van der Waals surface area contributed by atoms with Crippen molar-refractivity contribution >= 4 is 46.0 Å². The van der Waals surface area contributed by atoms with E-state index in [0.29, 0.717) is 27.1 Å². The molecule has 146 valence electrons. The molecule has 0 radical (unpaired) electrons. The Kier molecular flexibility index (Phi) is 5.64. The molecule has 0 saturated carbocycles. The van der Waals surface area contributed by atoms with E-state index in [2.05, 4.69) is 20.4 Å². The lowest BCUT2D eigenvalue weighted by Crippen LogP contribution is -2.14. The second kappa shape index (κ2) is 8.50. The van der Waals surface area contributed by atoms with Crippen molar-refractivity contribution in [3.63, 3.8) is 0 Å². The van der Waals surface area contributed by atoms with E-state index in [0.717, 1.165) is 11.1 Å². The fourth-order valence-corrected chi connectivity index (χ4v) is 3.73. The highest BCUT2D eigenvalue weighted by Gasteiger charge is 2.14. The highest BCUT2D eigenvalue weighted by Crippen LogP contribution is 2.29. The van der Waals surface area contributed by atoms with Gasteiger partial charge in [0.25, 0.3) is 0 Å². The van der Waals surface area contributed by atoms with Crippen LogP contribution in [-0.4, -0.2) is 38.5 Å². The number of carbonyl (C=O) groups excluding carboxylic acids is 1. The number of amides is 1. The number of benzene rings is 2. The third-order valence-corrected chi connectivity index (χ3v) is 5.35. The molecule has 0 aliphatic rings. The van der Waals surface area contributed by atoms with Crippen LogP contribution in [0.15, 0.2) is 66.1 Å². The molecule has 29 heavy (non-hydrogen) atoms. The van der Waals surface area contributed by atoms with Crippen LogP contribution in [0.5, 0.6) is 5.75 Å². The van der Waals surface area contributed by atoms with Crippen molar-refractivity contribution in [3.8, 4) is 11.4 Å². The van der Waals surface area contributed by atoms with E-state index in [1.54, 1.807) is 29.1 Å². The van der Waals surface area contributed by atoms with E-state index in [-0.39, 0.29) is 11.7 Å². The minimum Gasteiger partial charge on any atom is -0.495 e. The number of aromatic nitrogens is 4. The van der Waals surface area contributed by atoms with Gasteiger partial charge in [-0.3, -0.25) is 4.79 Å². The van der Waals surface area contributed by atoms with Gasteiger partial charge in [0.15, 0.2) is 5.65 Å². The molecule has 0 atom stereocenters. The zero-order valence-corrected chi connectivity index (χ0v) is 16.9. The maximum Gasteiger partial charge on any atom is 0.234 e. The van der Waals surface area contributed by atoms with Gasteiger partial charge in [-0.15, -0.1) is 0 Å². The van der Waals surface area contributed by atoms with Gasteiger partial charge in [0.05, 0.1) is 35.8 Å². The van der Waals surface area contributed by atoms with Gasteiger partial charge in [-0.05, 0) is 30.3 Å². The SMILES string of the molecule is COc1ccc(Cl)cc1NC(=O)CSc1ncnc2c1cnn2-c1ccccc1. The van der Waals surface area contributed by atoms with E-state index in [1.165, 1.54) is 25.2 Å². The first-order valence-electron chi connectivity index (χ1n) is 8.66. The molecule has 0 spiro atoms. The van der Waals surface area contributed by atoms with Gasteiger partial charge < -0.3 is 10.1 Å². The molecule has 2 aromatic carbocycles. The first-order chi connectivity index (χ1) is 14.2. The smallest absolute Gasteiger partial charge is 0.234 e. The number of anilines is 1. The van der Waals surface area contributed by atoms with Crippen LogP contribution < -0.4 is 10.1 Å². The fraction of sp³-hybridized carbons (Fsp3) is 0.100. The minimum absolute atomic E-state index is 0.165. The summed E-state index contributed by atoms with van der Waals surface area (Å²) in [5.41, 5.74) is 2.11. The number of carbonyl (C=O) groups is 1. The number of nitrogens with zero attached hydrogens (tertiary/aromatic N) is 4. The summed E-state index contributed by atoms with van der Waals surface area (Å²) in [5, 5.41) is 9.23.